The number of carbonyl (C=O) groups excluding carboxylic acids is 1. The average molecular weight is 301 g/mol. The molecule has 116 valence electrons. The van der Waals surface area contributed by atoms with Gasteiger partial charge < -0.3 is 4.74 Å². The summed E-state index contributed by atoms with van der Waals surface area (Å²) in [6, 6.07) is 8.24. The number of non-ortho nitro benzene ring substituents is 1. The molecule has 0 bridgehead atoms. The predicted octanol–water partition coefficient (Wildman–Crippen LogP) is 4.27. The highest BCUT2D eigenvalue weighted by Gasteiger charge is 2.14. The van der Waals surface area contributed by atoms with Gasteiger partial charge in [0, 0.05) is 12.1 Å². The van der Waals surface area contributed by atoms with Crippen molar-refractivity contribution in [3.63, 3.8) is 0 Å². The summed E-state index contributed by atoms with van der Waals surface area (Å²) >= 11 is 0. The minimum atomic E-state index is -0.400. The van der Waals surface area contributed by atoms with Crippen molar-refractivity contribution in [1.29, 1.82) is 0 Å². The lowest BCUT2D eigenvalue weighted by Gasteiger charge is -2.10. The van der Waals surface area contributed by atoms with Crippen LogP contribution in [0.3, 0.4) is 0 Å². The van der Waals surface area contributed by atoms with Gasteiger partial charge in [0.1, 0.15) is 0 Å². The van der Waals surface area contributed by atoms with E-state index in [9.17, 15) is 14.9 Å². The number of nitro groups is 1. The van der Waals surface area contributed by atoms with Crippen LogP contribution >= 0.6 is 0 Å². The fourth-order valence-corrected chi connectivity index (χ4v) is 2.44. The molecular formula is C17H19NO4. The number of nitro benzene ring substituents is 1. The van der Waals surface area contributed by atoms with Gasteiger partial charge >= 0.3 is 5.97 Å². The minimum absolute atomic E-state index is 0.0640. The quantitative estimate of drug-likeness (QED) is 0.454. The molecule has 2 rings (SSSR count). The first-order chi connectivity index (χ1) is 10.6. The number of benzene rings is 2. The van der Waals surface area contributed by atoms with Crippen LogP contribution in [0, 0.1) is 10.1 Å². The number of carbonyl (C=O) groups is 1. The molecule has 0 atom stereocenters. The van der Waals surface area contributed by atoms with E-state index in [0.29, 0.717) is 12.2 Å². The van der Waals surface area contributed by atoms with Crippen LogP contribution in [0.1, 0.15) is 42.6 Å². The van der Waals surface area contributed by atoms with Gasteiger partial charge in [0.05, 0.1) is 17.1 Å². The number of rotatable bonds is 6. The summed E-state index contributed by atoms with van der Waals surface area (Å²) in [6.45, 7) is 4.17. The van der Waals surface area contributed by atoms with Gasteiger partial charge in [-0.15, -0.1) is 0 Å². The second-order valence-corrected chi connectivity index (χ2v) is 5.12. The fourth-order valence-electron chi connectivity index (χ4n) is 2.44. The number of hydrogen-bond donors (Lipinski definition) is 0. The largest absolute Gasteiger partial charge is 0.462 e. The number of aryl methyl sites for hydroxylation is 1. The van der Waals surface area contributed by atoms with Crippen molar-refractivity contribution >= 4 is 22.4 Å². The van der Waals surface area contributed by atoms with Crippen LogP contribution in [0.4, 0.5) is 5.69 Å². The molecule has 0 aromatic heterocycles. The molecule has 0 spiro atoms. The Bertz CT molecular complexity index is 709. The number of hydrogen-bond acceptors (Lipinski definition) is 4. The van der Waals surface area contributed by atoms with Crippen LogP contribution in [0.25, 0.3) is 10.8 Å². The van der Waals surface area contributed by atoms with Crippen LogP contribution < -0.4 is 0 Å². The lowest BCUT2D eigenvalue weighted by Crippen LogP contribution is -2.05. The van der Waals surface area contributed by atoms with E-state index >= 15 is 0 Å². The first-order valence-electron chi connectivity index (χ1n) is 7.45. The molecule has 2 aromatic carbocycles. The molecule has 2 aromatic rings. The maximum Gasteiger partial charge on any atom is 0.338 e. The fraction of sp³-hybridized carbons (Fsp3) is 0.353. The molecule has 0 aliphatic carbocycles. The topological polar surface area (TPSA) is 69.4 Å². The number of nitrogens with zero attached hydrogens (tertiary/aromatic N) is 1. The second kappa shape index (κ2) is 7.02. The maximum atomic E-state index is 12.0. The number of fused-ring (bicyclic) bond motifs is 1. The van der Waals surface area contributed by atoms with E-state index in [0.717, 1.165) is 35.6 Å². The zero-order valence-corrected chi connectivity index (χ0v) is 12.8. The first kappa shape index (κ1) is 15.9. The molecular weight excluding hydrogens is 282 g/mol. The van der Waals surface area contributed by atoms with Crippen molar-refractivity contribution in [2.75, 3.05) is 6.61 Å². The Morgan fingerprint density at radius 3 is 2.64 bits per heavy atom. The summed E-state index contributed by atoms with van der Waals surface area (Å²) in [7, 11) is 0. The van der Waals surface area contributed by atoms with Gasteiger partial charge in [0.2, 0.25) is 0 Å². The minimum Gasteiger partial charge on any atom is -0.462 e. The molecule has 0 saturated heterocycles. The zero-order valence-electron chi connectivity index (χ0n) is 12.8. The molecule has 0 aliphatic heterocycles. The lowest BCUT2D eigenvalue weighted by molar-refractivity contribution is -0.384. The molecule has 5 heteroatoms. The Morgan fingerprint density at radius 1 is 1.23 bits per heavy atom. The summed E-state index contributed by atoms with van der Waals surface area (Å²) in [5, 5.41) is 12.6. The zero-order chi connectivity index (χ0) is 16.1. The Kier molecular flexibility index (Phi) is 5.09. The van der Waals surface area contributed by atoms with E-state index in [2.05, 4.69) is 6.92 Å². The van der Waals surface area contributed by atoms with Crippen molar-refractivity contribution in [1.82, 2.24) is 0 Å². The average Bonchev–Trinajstić information content (AvgIpc) is 2.51. The van der Waals surface area contributed by atoms with E-state index in [4.69, 9.17) is 4.74 Å². The number of ether oxygens (including phenoxy) is 1. The van der Waals surface area contributed by atoms with Gasteiger partial charge in [0.15, 0.2) is 0 Å². The standard InChI is InChI=1S/C17H19NO4/c1-3-5-6-12-9-14(17(19)22-4-2)10-13-7-8-15(18(20)21)11-16(12)13/h7-11H,3-6H2,1-2H3. The highest BCUT2D eigenvalue weighted by atomic mass is 16.6. The molecule has 0 N–H and O–H groups in total. The molecule has 0 radical (unpaired) electrons. The van der Waals surface area contributed by atoms with E-state index < -0.39 is 4.92 Å². The van der Waals surface area contributed by atoms with E-state index in [-0.39, 0.29) is 11.7 Å². The summed E-state index contributed by atoms with van der Waals surface area (Å²) < 4.78 is 5.05. The molecule has 0 fully saturated rings. The van der Waals surface area contributed by atoms with E-state index in [1.807, 2.05) is 0 Å². The van der Waals surface area contributed by atoms with Gasteiger partial charge in [-0.1, -0.05) is 13.3 Å². The van der Waals surface area contributed by atoms with Crippen molar-refractivity contribution in [2.45, 2.75) is 33.1 Å². The van der Waals surface area contributed by atoms with Gasteiger partial charge in [-0.05, 0) is 54.3 Å². The van der Waals surface area contributed by atoms with Crippen LogP contribution in [-0.2, 0) is 11.2 Å². The van der Waals surface area contributed by atoms with E-state index in [1.54, 1.807) is 31.2 Å². The van der Waals surface area contributed by atoms with Crippen molar-refractivity contribution in [3.05, 3.63) is 51.6 Å². The Balaban J connectivity index is 2.57. The molecule has 0 aliphatic rings. The summed E-state index contributed by atoms with van der Waals surface area (Å²) in [5.41, 5.74) is 1.51. The number of unbranched alkanes of at least 4 members (excludes halogenated alkanes) is 1. The Morgan fingerprint density at radius 2 is 2.00 bits per heavy atom. The molecule has 0 saturated carbocycles. The van der Waals surface area contributed by atoms with Gasteiger partial charge in [-0.3, -0.25) is 10.1 Å². The van der Waals surface area contributed by atoms with Gasteiger partial charge in [-0.25, -0.2) is 4.79 Å². The van der Waals surface area contributed by atoms with Crippen LogP contribution in [0.15, 0.2) is 30.3 Å². The van der Waals surface area contributed by atoms with Gasteiger partial charge in [-0.2, -0.15) is 0 Å². The first-order valence-corrected chi connectivity index (χ1v) is 7.45. The summed E-state index contributed by atoms with van der Waals surface area (Å²) in [6.07, 6.45) is 2.76. The summed E-state index contributed by atoms with van der Waals surface area (Å²) in [4.78, 5) is 22.5. The maximum absolute atomic E-state index is 12.0. The third-order valence-corrected chi connectivity index (χ3v) is 3.55. The third-order valence-electron chi connectivity index (χ3n) is 3.55. The van der Waals surface area contributed by atoms with Crippen LogP contribution in [-0.4, -0.2) is 17.5 Å². The smallest absolute Gasteiger partial charge is 0.338 e. The monoisotopic (exact) mass is 301 g/mol. The van der Waals surface area contributed by atoms with Crippen LogP contribution in [0.5, 0.6) is 0 Å². The molecule has 5 nitrogen and oxygen atoms in total. The SMILES string of the molecule is CCCCc1cc(C(=O)OCC)cc2ccc([N+](=O)[O-])cc12. The van der Waals surface area contributed by atoms with Crippen molar-refractivity contribution < 1.29 is 14.5 Å². The number of esters is 1. The Hall–Kier alpha value is -2.43. The molecule has 0 heterocycles. The Labute approximate surface area is 129 Å². The molecule has 0 unspecified atom stereocenters. The molecule has 22 heavy (non-hydrogen) atoms. The van der Waals surface area contributed by atoms with E-state index in [1.165, 1.54) is 6.07 Å². The molecule has 0 amide bonds. The third kappa shape index (κ3) is 3.42. The highest BCUT2D eigenvalue weighted by Crippen LogP contribution is 2.27. The lowest BCUT2D eigenvalue weighted by atomic mass is 9.97. The normalized spacial score (nSPS) is 10.6. The second-order valence-electron chi connectivity index (χ2n) is 5.12. The van der Waals surface area contributed by atoms with Gasteiger partial charge in [0.25, 0.3) is 5.69 Å². The van der Waals surface area contributed by atoms with Crippen molar-refractivity contribution in [3.8, 4) is 0 Å². The predicted molar refractivity (Wildman–Crippen MR) is 85.2 cm³/mol. The highest BCUT2D eigenvalue weighted by molar-refractivity contribution is 5.97. The van der Waals surface area contributed by atoms with Crippen molar-refractivity contribution in [2.24, 2.45) is 0 Å². The van der Waals surface area contributed by atoms with Crippen LogP contribution in [0.2, 0.25) is 0 Å². The summed E-state index contributed by atoms with van der Waals surface area (Å²) in [5.74, 6) is -0.361.